The highest BCUT2D eigenvalue weighted by Crippen LogP contribution is 2.33. The molecule has 0 bridgehead atoms. The molecule has 0 aliphatic heterocycles. The summed E-state index contributed by atoms with van der Waals surface area (Å²) in [6, 6.07) is 3.13. The number of aromatic hydroxyl groups is 1. The van der Waals surface area contributed by atoms with Crippen LogP contribution in [0.5, 0.6) is 11.5 Å². The number of phenolic OH excluding ortho intramolecular Hbond substituents is 1. The number of ketones is 1. The first-order valence-corrected chi connectivity index (χ1v) is 14.8. The molecule has 0 radical (unpaired) electrons. The van der Waals surface area contributed by atoms with Crippen LogP contribution in [0.3, 0.4) is 0 Å². The highest BCUT2D eigenvalue weighted by atomic mass is 32.1. The molecule has 0 fully saturated rings. The van der Waals surface area contributed by atoms with Crippen LogP contribution in [0.2, 0.25) is 0 Å². The molecule has 0 saturated carbocycles. The molecule has 0 unspecified atom stereocenters. The molecule has 12 heteroatoms. The van der Waals surface area contributed by atoms with Gasteiger partial charge in [-0.15, -0.1) is 0 Å². The van der Waals surface area contributed by atoms with Crippen LogP contribution in [0, 0.1) is 0 Å². The Morgan fingerprint density at radius 2 is 1.96 bits per heavy atom. The van der Waals surface area contributed by atoms with Crippen LogP contribution < -0.4 is 20.8 Å². The maximum absolute atomic E-state index is 13.6. The van der Waals surface area contributed by atoms with Crippen LogP contribution >= 0.6 is 12.2 Å². The average molecular weight is 649 g/mol. The Hall–Kier alpha value is -4.03. The number of phenols is 1. The summed E-state index contributed by atoms with van der Waals surface area (Å²) in [5.41, 5.74) is -0.232. The molecule has 45 heavy (non-hydrogen) atoms. The van der Waals surface area contributed by atoms with E-state index in [2.05, 4.69) is 0 Å². The largest absolute Gasteiger partial charge is 0.507 e. The third-order valence-corrected chi connectivity index (χ3v) is 7.36. The zero-order valence-corrected chi connectivity index (χ0v) is 25.9. The topological polar surface area (TPSA) is 123 Å². The van der Waals surface area contributed by atoms with Gasteiger partial charge in [0.25, 0.3) is 0 Å². The van der Waals surface area contributed by atoms with Gasteiger partial charge in [0, 0.05) is 29.2 Å². The maximum Gasteiger partial charge on any atom is 0.389 e. The van der Waals surface area contributed by atoms with Gasteiger partial charge in [-0.05, 0) is 44.4 Å². The number of rotatable bonds is 14. The van der Waals surface area contributed by atoms with Crippen LogP contribution in [-0.2, 0) is 11.2 Å². The molecular formula is C33H35F3O8S. The van der Waals surface area contributed by atoms with Crippen molar-refractivity contribution in [1.29, 1.82) is 0 Å². The minimum atomic E-state index is -4.56. The van der Waals surface area contributed by atoms with Crippen LogP contribution in [0.25, 0.3) is 12.2 Å². The van der Waals surface area contributed by atoms with E-state index in [0.29, 0.717) is 29.0 Å². The van der Waals surface area contributed by atoms with Gasteiger partial charge in [0.1, 0.15) is 16.9 Å². The molecule has 1 aromatic heterocycles. The van der Waals surface area contributed by atoms with Crippen LogP contribution in [0.1, 0.15) is 83.9 Å². The van der Waals surface area contributed by atoms with E-state index in [4.69, 9.17) is 26.1 Å². The number of hydrogen-bond donors (Lipinski definition) is 2. The van der Waals surface area contributed by atoms with Gasteiger partial charge >= 0.3 is 12.1 Å². The zero-order valence-electron chi connectivity index (χ0n) is 25.1. The second kappa shape index (κ2) is 15.8. The number of aliphatic hydroxyl groups excluding tert-OH is 1. The molecule has 2 N–H and O–H groups in total. The van der Waals surface area contributed by atoms with Crippen molar-refractivity contribution in [2.24, 2.45) is 0 Å². The van der Waals surface area contributed by atoms with Crippen LogP contribution in [0.15, 0.2) is 45.6 Å². The van der Waals surface area contributed by atoms with Crippen molar-refractivity contribution in [1.82, 2.24) is 0 Å². The van der Waals surface area contributed by atoms with Crippen molar-refractivity contribution < 1.29 is 46.9 Å². The smallest absolute Gasteiger partial charge is 0.389 e. The number of benzene rings is 1. The quantitative estimate of drug-likeness (QED) is 0.0959. The third kappa shape index (κ3) is 9.24. The Morgan fingerprint density at radius 3 is 2.60 bits per heavy atom. The third-order valence-electron chi connectivity index (χ3n) is 7.08. The molecule has 1 aliphatic rings. The van der Waals surface area contributed by atoms with Crippen LogP contribution in [0.4, 0.5) is 13.2 Å². The summed E-state index contributed by atoms with van der Waals surface area (Å²) in [5.74, 6) is -2.83. The van der Waals surface area contributed by atoms with E-state index in [1.54, 1.807) is 18.2 Å². The number of fused-ring (bicyclic) bond motifs is 1. The lowest BCUT2D eigenvalue weighted by atomic mass is 9.88. The number of carbonyl (C=O) groups excluding carboxylic acids is 2. The molecule has 0 saturated heterocycles. The SMILES string of the molecule is CCCc1c(OCC/C=C\C=C\[C@@H](c2c(C(=O)OC)oc3c(c2=O)=CCC(=S)C=3)[C@H](O)CCC(F)(F)F)ccc(C(C)=O)c1O. The molecule has 2 aromatic rings. The Labute approximate surface area is 263 Å². The number of allylic oxidation sites excluding steroid dienone is 2. The van der Waals surface area contributed by atoms with Gasteiger partial charge in [-0.25, -0.2) is 4.79 Å². The fourth-order valence-corrected chi connectivity index (χ4v) is 5.06. The summed E-state index contributed by atoms with van der Waals surface area (Å²) >= 11 is 5.16. The van der Waals surface area contributed by atoms with E-state index in [1.807, 2.05) is 6.92 Å². The first-order valence-electron chi connectivity index (χ1n) is 14.4. The van der Waals surface area contributed by atoms with Crippen molar-refractivity contribution in [2.45, 2.75) is 70.6 Å². The molecule has 0 amide bonds. The summed E-state index contributed by atoms with van der Waals surface area (Å²) in [5, 5.41) is 21.5. The van der Waals surface area contributed by atoms with Gasteiger partial charge in [0.15, 0.2) is 11.2 Å². The van der Waals surface area contributed by atoms with E-state index in [9.17, 15) is 37.8 Å². The van der Waals surface area contributed by atoms with Crippen molar-refractivity contribution in [3.63, 3.8) is 0 Å². The Balaban J connectivity index is 1.88. The minimum Gasteiger partial charge on any atom is -0.507 e. The average Bonchev–Trinajstić information content (AvgIpc) is 2.98. The Bertz CT molecular complexity index is 1670. The monoisotopic (exact) mass is 648 g/mol. The lowest BCUT2D eigenvalue weighted by molar-refractivity contribution is -0.140. The van der Waals surface area contributed by atoms with Crippen molar-refractivity contribution in [3.05, 3.63) is 79.7 Å². The highest BCUT2D eigenvalue weighted by molar-refractivity contribution is 7.81. The summed E-state index contributed by atoms with van der Waals surface area (Å²) in [7, 11) is 1.06. The second-order valence-electron chi connectivity index (χ2n) is 10.4. The normalized spacial score (nSPS) is 14.5. The molecule has 0 spiro atoms. The van der Waals surface area contributed by atoms with E-state index >= 15 is 0 Å². The van der Waals surface area contributed by atoms with E-state index in [1.165, 1.54) is 37.3 Å². The number of Topliss-reactive ketones (excluding diaryl/α,β-unsaturated/α-hetero) is 1. The predicted octanol–water partition coefficient (Wildman–Crippen LogP) is 4.99. The standard InChI is InChI=1S/C33H35F3O8S/c1-4-9-23-26(14-13-21(19(2)37)29(23)39)43-17-8-6-5-7-10-22(25(38)15-16-33(34,35)36)28-30(40)24-12-11-20(45)18-27(24)44-31(28)32(41)42-3/h5-7,10,12-14,18,22,25,38-39H,4,8-9,11,15-17H2,1-3H3/b6-5-,10-7+/t22-,25-/m1/s1. The summed E-state index contributed by atoms with van der Waals surface area (Å²) in [6.07, 6.45) is 2.53. The zero-order chi connectivity index (χ0) is 33.3. The summed E-state index contributed by atoms with van der Waals surface area (Å²) in [6.45, 7) is 3.50. The first-order chi connectivity index (χ1) is 21.3. The lowest BCUT2D eigenvalue weighted by Gasteiger charge is -2.22. The number of aliphatic hydroxyl groups is 1. The second-order valence-corrected chi connectivity index (χ2v) is 10.9. The minimum absolute atomic E-state index is 0.0270. The highest BCUT2D eigenvalue weighted by Gasteiger charge is 2.34. The molecule has 2 atom stereocenters. The van der Waals surface area contributed by atoms with Crippen molar-refractivity contribution in [2.75, 3.05) is 13.7 Å². The molecule has 1 heterocycles. The van der Waals surface area contributed by atoms with Gasteiger partial charge in [-0.1, -0.05) is 55.9 Å². The fourth-order valence-electron chi connectivity index (χ4n) is 4.87. The number of methoxy groups -OCH3 is 1. The summed E-state index contributed by atoms with van der Waals surface area (Å²) < 4.78 is 55.3. The molecule has 242 valence electrons. The fraction of sp³-hybridized carbons (Fsp3) is 0.394. The molecule has 3 rings (SSSR count). The maximum atomic E-state index is 13.6. The van der Waals surface area contributed by atoms with Gasteiger partial charge in [-0.3, -0.25) is 9.59 Å². The van der Waals surface area contributed by atoms with E-state index < -0.39 is 48.2 Å². The Morgan fingerprint density at radius 1 is 1.22 bits per heavy atom. The van der Waals surface area contributed by atoms with Gasteiger partial charge in [-0.2, -0.15) is 13.2 Å². The molecule has 1 aliphatic carbocycles. The lowest BCUT2D eigenvalue weighted by Crippen LogP contribution is -2.46. The van der Waals surface area contributed by atoms with E-state index in [0.717, 1.165) is 13.5 Å². The number of ether oxygens (including phenoxy) is 2. The number of esters is 1. The number of thiocarbonyl (C=S) groups is 1. The summed E-state index contributed by atoms with van der Waals surface area (Å²) in [4.78, 5) is 38.5. The molecular weight excluding hydrogens is 613 g/mol. The number of hydrogen-bond acceptors (Lipinski definition) is 9. The van der Waals surface area contributed by atoms with Crippen molar-refractivity contribution >= 4 is 41.0 Å². The Kier molecular flexibility index (Phi) is 12.5. The predicted molar refractivity (Wildman–Crippen MR) is 166 cm³/mol. The van der Waals surface area contributed by atoms with Gasteiger partial charge < -0.3 is 24.1 Å². The van der Waals surface area contributed by atoms with Crippen LogP contribution in [-0.4, -0.2) is 52.8 Å². The molecule has 1 aromatic carbocycles. The van der Waals surface area contributed by atoms with E-state index in [-0.39, 0.29) is 46.3 Å². The number of halogens is 3. The van der Waals surface area contributed by atoms with Gasteiger partial charge in [0.2, 0.25) is 5.76 Å². The van der Waals surface area contributed by atoms with Crippen molar-refractivity contribution in [3.8, 4) is 11.5 Å². The molecule has 8 nitrogen and oxygen atoms in total. The van der Waals surface area contributed by atoms with Gasteiger partial charge in [0.05, 0.1) is 36.2 Å². The number of alkyl halides is 3. The first kappa shape index (κ1) is 35.4. The number of carbonyl (C=O) groups is 2.